The lowest BCUT2D eigenvalue weighted by atomic mass is 10.1. The van der Waals surface area contributed by atoms with E-state index >= 15 is 0 Å². The van der Waals surface area contributed by atoms with E-state index in [1.807, 2.05) is 6.07 Å². The van der Waals surface area contributed by atoms with E-state index in [4.69, 9.17) is 33.3 Å². The monoisotopic (exact) mass is 527 g/mol. The molecule has 186 valence electrons. The normalized spacial score (nSPS) is 15.3. The first-order valence-corrected chi connectivity index (χ1v) is 11.8. The second-order valence-corrected chi connectivity index (χ2v) is 8.83. The minimum absolute atomic E-state index is 0.166. The number of methoxy groups -OCH3 is 2. The molecule has 1 aliphatic heterocycles. The molecule has 1 aliphatic rings. The van der Waals surface area contributed by atoms with Crippen molar-refractivity contribution in [2.75, 3.05) is 24.4 Å². The summed E-state index contributed by atoms with van der Waals surface area (Å²) in [6.45, 7) is 0.247. The van der Waals surface area contributed by atoms with Gasteiger partial charge in [0.05, 0.1) is 26.3 Å². The minimum atomic E-state index is -0.870. The van der Waals surface area contributed by atoms with Gasteiger partial charge in [-0.3, -0.25) is 14.5 Å². The summed E-state index contributed by atoms with van der Waals surface area (Å²) in [5.74, 6) is -0.0755. The van der Waals surface area contributed by atoms with Gasteiger partial charge in [-0.25, -0.2) is 4.39 Å². The molecule has 1 N–H and O–H groups in total. The van der Waals surface area contributed by atoms with Crippen LogP contribution in [0.3, 0.4) is 0 Å². The second-order valence-electron chi connectivity index (χ2n) is 8.03. The maximum atomic E-state index is 13.6. The first kappa shape index (κ1) is 25.4. The van der Waals surface area contributed by atoms with E-state index in [0.29, 0.717) is 27.9 Å². The molecule has 0 saturated carbocycles. The summed E-state index contributed by atoms with van der Waals surface area (Å²) < 4.78 is 23.9. The number of carbonyl (C=O) groups excluding carboxylic acids is 2. The summed E-state index contributed by atoms with van der Waals surface area (Å²) in [6, 6.07) is 16.7. The van der Waals surface area contributed by atoms with Crippen LogP contribution in [0.15, 0.2) is 66.7 Å². The lowest BCUT2D eigenvalue weighted by Gasteiger charge is -2.24. The highest BCUT2D eigenvalue weighted by Crippen LogP contribution is 2.32. The van der Waals surface area contributed by atoms with Gasteiger partial charge in [-0.2, -0.15) is 0 Å². The average Bonchev–Trinajstić information content (AvgIpc) is 3.09. The fraction of sp³-hybridized carbons (Fsp3) is 0.192. The number of rotatable bonds is 8. The lowest BCUT2D eigenvalue weighted by molar-refractivity contribution is -0.124. The van der Waals surface area contributed by atoms with E-state index in [0.717, 1.165) is 5.56 Å². The molecular formula is C26H23ClFN3O4S. The molecule has 7 nitrogen and oxygen atoms in total. The standard InChI is InChI=1S/C26H23ClFN3O4S/c1-34-22-11-6-16(12-23(22)35-2)15-30-21(14-24(32)29-19-9-7-18(28)8-10-19)25(33)31(26(30)36)20-5-3-4-17(27)13-20/h3-13,21H,14-15H2,1-2H3,(H,29,32). The molecule has 3 aromatic rings. The molecule has 3 aromatic carbocycles. The first-order valence-electron chi connectivity index (χ1n) is 11.0. The van der Waals surface area contributed by atoms with Gasteiger partial charge in [-0.15, -0.1) is 0 Å². The Labute approximate surface area is 218 Å². The van der Waals surface area contributed by atoms with Crippen LogP contribution in [-0.4, -0.2) is 42.1 Å². The maximum absolute atomic E-state index is 13.6. The molecule has 1 heterocycles. The zero-order valence-electron chi connectivity index (χ0n) is 19.5. The predicted octanol–water partition coefficient (Wildman–Crippen LogP) is 5.03. The van der Waals surface area contributed by atoms with Crippen molar-refractivity contribution in [2.24, 2.45) is 0 Å². The van der Waals surface area contributed by atoms with E-state index in [2.05, 4.69) is 5.32 Å². The summed E-state index contributed by atoms with van der Waals surface area (Å²) in [6.07, 6.45) is -0.166. The zero-order chi connectivity index (χ0) is 25.8. The molecule has 1 saturated heterocycles. The van der Waals surface area contributed by atoms with Gasteiger partial charge in [0.1, 0.15) is 11.9 Å². The van der Waals surface area contributed by atoms with Crippen LogP contribution in [0.1, 0.15) is 12.0 Å². The van der Waals surface area contributed by atoms with Crippen molar-refractivity contribution in [1.29, 1.82) is 0 Å². The molecule has 10 heteroatoms. The molecule has 36 heavy (non-hydrogen) atoms. The van der Waals surface area contributed by atoms with E-state index in [1.165, 1.54) is 36.3 Å². The zero-order valence-corrected chi connectivity index (χ0v) is 21.1. The van der Waals surface area contributed by atoms with Crippen LogP contribution >= 0.6 is 23.8 Å². The summed E-state index contributed by atoms with van der Waals surface area (Å²) in [5.41, 5.74) is 1.74. The molecule has 0 spiro atoms. The Bertz CT molecular complexity index is 1300. The lowest BCUT2D eigenvalue weighted by Crippen LogP contribution is -2.37. The highest BCUT2D eigenvalue weighted by atomic mass is 35.5. The quantitative estimate of drug-likeness (QED) is 0.414. The van der Waals surface area contributed by atoms with Gasteiger partial charge in [-0.05, 0) is 72.4 Å². The van der Waals surface area contributed by atoms with E-state index in [9.17, 15) is 14.0 Å². The SMILES string of the molecule is COc1ccc(CN2C(=S)N(c3cccc(Cl)c3)C(=O)C2CC(=O)Nc2ccc(F)cc2)cc1OC. The van der Waals surface area contributed by atoms with Crippen molar-refractivity contribution in [1.82, 2.24) is 4.90 Å². The van der Waals surface area contributed by atoms with Gasteiger partial charge < -0.3 is 19.7 Å². The van der Waals surface area contributed by atoms with Gasteiger partial charge in [0.15, 0.2) is 16.6 Å². The van der Waals surface area contributed by atoms with Crippen molar-refractivity contribution in [3.63, 3.8) is 0 Å². The summed E-state index contributed by atoms with van der Waals surface area (Å²) in [7, 11) is 3.08. The van der Waals surface area contributed by atoms with E-state index in [1.54, 1.807) is 48.4 Å². The van der Waals surface area contributed by atoms with Crippen molar-refractivity contribution in [3.8, 4) is 11.5 Å². The van der Waals surface area contributed by atoms with Gasteiger partial charge in [0.2, 0.25) is 5.91 Å². The van der Waals surface area contributed by atoms with Crippen molar-refractivity contribution in [2.45, 2.75) is 19.0 Å². The van der Waals surface area contributed by atoms with Crippen molar-refractivity contribution in [3.05, 3.63) is 83.1 Å². The van der Waals surface area contributed by atoms with Crippen LogP contribution in [0.2, 0.25) is 5.02 Å². The van der Waals surface area contributed by atoms with Crippen LogP contribution in [0.25, 0.3) is 0 Å². The number of amides is 2. The molecule has 0 radical (unpaired) electrons. The third-order valence-electron chi connectivity index (χ3n) is 5.69. The highest BCUT2D eigenvalue weighted by Gasteiger charge is 2.44. The molecule has 1 fully saturated rings. The van der Waals surface area contributed by atoms with Crippen molar-refractivity contribution < 1.29 is 23.5 Å². The Balaban J connectivity index is 1.63. The number of hydrogen-bond acceptors (Lipinski definition) is 5. The highest BCUT2D eigenvalue weighted by molar-refractivity contribution is 7.80. The largest absolute Gasteiger partial charge is 0.493 e. The molecule has 1 atom stereocenters. The number of nitrogens with zero attached hydrogens (tertiary/aromatic N) is 2. The molecule has 0 aliphatic carbocycles. The van der Waals surface area contributed by atoms with Crippen molar-refractivity contribution >= 4 is 52.1 Å². The average molecular weight is 528 g/mol. The van der Waals surface area contributed by atoms with Gasteiger partial charge in [-0.1, -0.05) is 23.7 Å². The van der Waals surface area contributed by atoms with Crippen LogP contribution < -0.4 is 19.7 Å². The Morgan fingerprint density at radius 2 is 1.78 bits per heavy atom. The van der Waals surface area contributed by atoms with Gasteiger partial charge >= 0.3 is 0 Å². The van der Waals surface area contributed by atoms with Crippen LogP contribution in [0, 0.1) is 5.82 Å². The Morgan fingerprint density at radius 1 is 1.06 bits per heavy atom. The van der Waals surface area contributed by atoms with E-state index < -0.39 is 17.8 Å². The Hall–Kier alpha value is -3.69. The fourth-order valence-corrected chi connectivity index (χ4v) is 4.53. The Kier molecular flexibility index (Phi) is 7.71. The number of hydrogen-bond donors (Lipinski definition) is 1. The van der Waals surface area contributed by atoms with Gasteiger partial charge in [0, 0.05) is 17.3 Å². The number of carbonyl (C=O) groups is 2. The van der Waals surface area contributed by atoms with Gasteiger partial charge in [0.25, 0.3) is 5.91 Å². The number of nitrogens with one attached hydrogen (secondary N) is 1. The smallest absolute Gasteiger partial charge is 0.256 e. The first-order chi connectivity index (χ1) is 17.3. The molecule has 4 rings (SSSR count). The fourth-order valence-electron chi connectivity index (χ4n) is 3.96. The minimum Gasteiger partial charge on any atom is -0.493 e. The van der Waals surface area contributed by atoms with E-state index in [-0.39, 0.29) is 24.0 Å². The molecular weight excluding hydrogens is 505 g/mol. The Morgan fingerprint density at radius 3 is 2.44 bits per heavy atom. The summed E-state index contributed by atoms with van der Waals surface area (Å²) >= 11 is 11.9. The summed E-state index contributed by atoms with van der Waals surface area (Å²) in [5, 5.41) is 3.41. The molecule has 1 unspecified atom stereocenters. The second kappa shape index (κ2) is 10.9. The van der Waals surface area contributed by atoms with Crippen LogP contribution in [-0.2, 0) is 16.1 Å². The third-order valence-corrected chi connectivity index (χ3v) is 6.34. The number of benzene rings is 3. The number of ether oxygens (including phenoxy) is 2. The molecule has 0 aromatic heterocycles. The molecule has 2 amide bonds. The summed E-state index contributed by atoms with van der Waals surface area (Å²) in [4.78, 5) is 29.5. The molecule has 0 bridgehead atoms. The number of anilines is 2. The predicted molar refractivity (Wildman–Crippen MR) is 140 cm³/mol. The third kappa shape index (κ3) is 5.42. The van der Waals surface area contributed by atoms with Crippen LogP contribution in [0.5, 0.6) is 11.5 Å². The topological polar surface area (TPSA) is 71.1 Å². The maximum Gasteiger partial charge on any atom is 0.256 e. The van der Waals surface area contributed by atoms with Crippen LogP contribution in [0.4, 0.5) is 15.8 Å². The number of halogens is 2. The number of thiocarbonyl (C=S) groups is 1.